The number of para-hydroxylation sites is 2. The maximum absolute atomic E-state index is 9.02. The van der Waals surface area contributed by atoms with Gasteiger partial charge in [-0.3, -0.25) is 0 Å². The van der Waals surface area contributed by atoms with Crippen LogP contribution in [0.3, 0.4) is 0 Å². The van der Waals surface area contributed by atoms with Gasteiger partial charge in [-0.05, 0) is 50.2 Å². The molecule has 6 aromatic rings. The highest BCUT2D eigenvalue weighted by Crippen LogP contribution is 2.24. The van der Waals surface area contributed by atoms with Crippen LogP contribution < -0.4 is 0 Å². The highest BCUT2D eigenvalue weighted by molar-refractivity contribution is 5.61. The first-order chi connectivity index (χ1) is 20.6. The van der Waals surface area contributed by atoms with Crippen molar-refractivity contribution in [3.63, 3.8) is 0 Å². The van der Waals surface area contributed by atoms with Gasteiger partial charge in [0.1, 0.15) is 0 Å². The Hall–Kier alpha value is -5.72. The second kappa shape index (κ2) is 13.1. The molecule has 0 aliphatic carbocycles. The molecule has 0 radical (unpaired) electrons. The zero-order valence-corrected chi connectivity index (χ0v) is 23.6. The molecule has 204 valence electrons. The number of nitriles is 2. The Kier molecular flexibility index (Phi) is 8.67. The minimum absolute atomic E-state index is 0.341. The first-order valence-corrected chi connectivity index (χ1v) is 13.7. The molecule has 6 rings (SSSR count). The molecule has 6 nitrogen and oxygen atoms in total. The Morgan fingerprint density at radius 3 is 1.21 bits per heavy atom. The molecule has 2 aromatic heterocycles. The fourth-order valence-electron chi connectivity index (χ4n) is 4.57. The average Bonchev–Trinajstić information content (AvgIpc) is 3.64. The third kappa shape index (κ3) is 6.53. The number of aryl methyl sites for hydroxylation is 2. The lowest BCUT2D eigenvalue weighted by molar-refractivity contribution is 0.834. The maximum Gasteiger partial charge on any atom is 0.0930 e. The van der Waals surface area contributed by atoms with E-state index >= 15 is 0 Å². The molecule has 0 saturated carbocycles. The molecule has 0 aliphatic rings. The van der Waals surface area contributed by atoms with Crippen LogP contribution in [0.2, 0.25) is 0 Å². The number of hydrogen-bond acceptors (Lipinski definition) is 4. The van der Waals surface area contributed by atoms with Gasteiger partial charge in [-0.1, -0.05) is 96.1 Å². The average molecular weight is 547 g/mol. The largest absolute Gasteiger partial charge is 0.236 e. The number of hydrogen-bond donors (Lipinski definition) is 0. The van der Waals surface area contributed by atoms with Crippen LogP contribution in [-0.2, 0) is 12.8 Å². The fourth-order valence-corrected chi connectivity index (χ4v) is 4.57. The topological polar surface area (TPSA) is 83.2 Å². The van der Waals surface area contributed by atoms with Crippen LogP contribution in [0, 0.1) is 36.5 Å². The van der Waals surface area contributed by atoms with Gasteiger partial charge in [0.15, 0.2) is 0 Å². The van der Waals surface area contributed by atoms with Gasteiger partial charge < -0.3 is 0 Å². The molecule has 0 bridgehead atoms. The Morgan fingerprint density at radius 2 is 0.881 bits per heavy atom. The van der Waals surface area contributed by atoms with Gasteiger partial charge in [-0.15, -0.1) is 0 Å². The summed E-state index contributed by atoms with van der Waals surface area (Å²) in [5, 5.41) is 27.4. The molecule has 0 aliphatic heterocycles. The van der Waals surface area contributed by atoms with Crippen molar-refractivity contribution in [1.29, 1.82) is 10.5 Å². The summed E-state index contributed by atoms with van der Waals surface area (Å²) < 4.78 is 3.69. The van der Waals surface area contributed by atoms with Crippen molar-refractivity contribution >= 4 is 0 Å². The highest BCUT2D eigenvalue weighted by atomic mass is 15.3. The summed E-state index contributed by atoms with van der Waals surface area (Å²) in [5.41, 5.74) is 10.1. The first kappa shape index (κ1) is 27.8. The summed E-state index contributed by atoms with van der Waals surface area (Å²) >= 11 is 0. The van der Waals surface area contributed by atoms with E-state index in [0.29, 0.717) is 12.8 Å². The molecule has 0 amide bonds. The summed E-state index contributed by atoms with van der Waals surface area (Å²) in [6, 6.07) is 44.7. The van der Waals surface area contributed by atoms with Crippen LogP contribution >= 0.6 is 0 Å². The molecule has 4 aromatic carbocycles. The second-order valence-electron chi connectivity index (χ2n) is 9.94. The van der Waals surface area contributed by atoms with Crippen LogP contribution in [0.4, 0.5) is 0 Å². The van der Waals surface area contributed by atoms with Gasteiger partial charge in [0, 0.05) is 11.1 Å². The molecule has 0 spiro atoms. The van der Waals surface area contributed by atoms with E-state index in [2.05, 4.69) is 84.7 Å². The van der Waals surface area contributed by atoms with Crippen LogP contribution in [0.1, 0.15) is 22.5 Å². The van der Waals surface area contributed by atoms with E-state index in [4.69, 9.17) is 10.5 Å². The minimum atomic E-state index is 0.341. The van der Waals surface area contributed by atoms with Crippen molar-refractivity contribution in [3.8, 4) is 46.0 Å². The van der Waals surface area contributed by atoms with Gasteiger partial charge >= 0.3 is 0 Å². The Morgan fingerprint density at radius 1 is 0.524 bits per heavy atom. The summed E-state index contributed by atoms with van der Waals surface area (Å²) in [5.74, 6) is 0. The standard InChI is InChI=1S/2C18H15N3/c2*1-14-7-9-15(10-8-14)18-13-17(11-12-19)21(20-18)16-5-3-2-4-6-16/h2*2-10,13H,11H2,1H3. The van der Waals surface area contributed by atoms with Crippen LogP contribution in [0.25, 0.3) is 33.9 Å². The predicted molar refractivity (Wildman–Crippen MR) is 166 cm³/mol. The van der Waals surface area contributed by atoms with E-state index in [1.807, 2.05) is 82.2 Å². The van der Waals surface area contributed by atoms with E-state index < -0.39 is 0 Å². The van der Waals surface area contributed by atoms with E-state index in [1.54, 1.807) is 0 Å². The fraction of sp³-hybridized carbons (Fsp3) is 0.111. The summed E-state index contributed by atoms with van der Waals surface area (Å²) in [6.07, 6.45) is 0.682. The molecule has 6 heteroatoms. The SMILES string of the molecule is Cc1ccc(-c2cc(CC#N)n(-c3ccccc3)n2)cc1.Cc1ccc(-c2cc(CC#N)n(-c3ccccc3)n2)cc1. The highest BCUT2D eigenvalue weighted by Gasteiger charge is 2.12. The Labute approximate surface area is 246 Å². The Balaban J connectivity index is 0.000000168. The van der Waals surface area contributed by atoms with Crippen molar-refractivity contribution in [2.24, 2.45) is 0 Å². The molecule has 0 atom stereocenters. The lowest BCUT2D eigenvalue weighted by Gasteiger charge is -2.04. The normalized spacial score (nSPS) is 10.3. The van der Waals surface area contributed by atoms with Crippen molar-refractivity contribution in [2.75, 3.05) is 0 Å². The Bertz CT molecular complexity index is 1690. The van der Waals surface area contributed by atoms with Gasteiger partial charge in [-0.25, -0.2) is 9.36 Å². The lowest BCUT2D eigenvalue weighted by atomic mass is 10.1. The third-order valence-electron chi connectivity index (χ3n) is 6.78. The number of rotatable bonds is 6. The first-order valence-electron chi connectivity index (χ1n) is 13.7. The molecular weight excluding hydrogens is 516 g/mol. The summed E-state index contributed by atoms with van der Waals surface area (Å²) in [7, 11) is 0. The van der Waals surface area contributed by atoms with Crippen molar-refractivity contribution in [1.82, 2.24) is 19.6 Å². The zero-order chi connectivity index (χ0) is 29.3. The molecular formula is C36H30N6. The smallest absolute Gasteiger partial charge is 0.0930 e. The summed E-state index contributed by atoms with van der Waals surface area (Å²) in [4.78, 5) is 0. The van der Waals surface area contributed by atoms with Crippen molar-refractivity contribution in [3.05, 3.63) is 144 Å². The molecule has 0 unspecified atom stereocenters. The van der Waals surface area contributed by atoms with E-state index in [0.717, 1.165) is 45.3 Å². The van der Waals surface area contributed by atoms with Gasteiger partial charge in [0.2, 0.25) is 0 Å². The van der Waals surface area contributed by atoms with E-state index in [9.17, 15) is 0 Å². The molecule has 0 N–H and O–H groups in total. The van der Waals surface area contributed by atoms with Crippen molar-refractivity contribution in [2.45, 2.75) is 26.7 Å². The maximum atomic E-state index is 9.02. The van der Waals surface area contributed by atoms with E-state index in [-0.39, 0.29) is 0 Å². The predicted octanol–water partition coefficient (Wildman–Crippen LogP) is 7.83. The number of benzene rings is 4. The minimum Gasteiger partial charge on any atom is -0.236 e. The lowest BCUT2D eigenvalue weighted by Crippen LogP contribution is -2.01. The molecule has 0 fully saturated rings. The van der Waals surface area contributed by atoms with Gasteiger partial charge in [-0.2, -0.15) is 20.7 Å². The van der Waals surface area contributed by atoms with Gasteiger partial charge in [0.05, 0.1) is 59.1 Å². The summed E-state index contributed by atoms with van der Waals surface area (Å²) in [6.45, 7) is 4.13. The molecule has 0 saturated heterocycles. The monoisotopic (exact) mass is 546 g/mol. The van der Waals surface area contributed by atoms with Crippen molar-refractivity contribution < 1.29 is 0 Å². The molecule has 2 heterocycles. The zero-order valence-electron chi connectivity index (χ0n) is 23.6. The second-order valence-corrected chi connectivity index (χ2v) is 9.94. The van der Waals surface area contributed by atoms with Crippen LogP contribution in [-0.4, -0.2) is 19.6 Å². The quantitative estimate of drug-likeness (QED) is 0.213. The van der Waals surface area contributed by atoms with Crippen LogP contribution in [0.15, 0.2) is 121 Å². The molecule has 42 heavy (non-hydrogen) atoms. The van der Waals surface area contributed by atoms with Crippen LogP contribution in [0.5, 0.6) is 0 Å². The number of nitrogens with zero attached hydrogens (tertiary/aromatic N) is 6. The number of aromatic nitrogens is 4. The van der Waals surface area contributed by atoms with Gasteiger partial charge in [0.25, 0.3) is 0 Å². The van der Waals surface area contributed by atoms with E-state index in [1.165, 1.54) is 11.1 Å². The third-order valence-corrected chi connectivity index (χ3v) is 6.78.